The monoisotopic (exact) mass is 462 g/mol. The van der Waals surface area contributed by atoms with Crippen LogP contribution in [-0.2, 0) is 0 Å². The van der Waals surface area contributed by atoms with Gasteiger partial charge < -0.3 is 4.98 Å². The molecule has 0 saturated heterocycles. The largest absolute Gasteiger partial charge is 0.338 e. The molecule has 1 N–H and O–H groups in total. The Morgan fingerprint density at radius 2 is 1.25 bits per heavy atom. The van der Waals surface area contributed by atoms with E-state index in [4.69, 9.17) is 9.97 Å². The maximum atomic E-state index is 5.21. The van der Waals surface area contributed by atoms with Gasteiger partial charge in [0, 0.05) is 22.4 Å². The Balaban J connectivity index is 1.43. The lowest BCUT2D eigenvalue weighted by Crippen LogP contribution is -1.97. The maximum Gasteiger partial charge on any atom is 0.145 e. The van der Waals surface area contributed by atoms with E-state index in [1.54, 1.807) is 0 Å². The summed E-state index contributed by atoms with van der Waals surface area (Å²) in [4.78, 5) is 13.5. The van der Waals surface area contributed by atoms with E-state index in [1.165, 1.54) is 0 Å². The molecule has 0 atom stereocenters. The number of hydrogen-bond acceptors (Lipinski definition) is 2. The molecule has 2 aromatic heterocycles. The van der Waals surface area contributed by atoms with Gasteiger partial charge in [-0.05, 0) is 42.0 Å². The van der Waals surface area contributed by atoms with Crippen LogP contribution in [0.4, 0.5) is 0 Å². The number of fused-ring (bicyclic) bond motifs is 2. The lowest BCUT2D eigenvalue weighted by atomic mass is 10.0. The molecular formula is C32H22N4. The number of hydrogen-bond donors (Lipinski definition) is 1. The van der Waals surface area contributed by atoms with Crippen molar-refractivity contribution >= 4 is 22.1 Å². The van der Waals surface area contributed by atoms with Crippen LogP contribution in [-0.4, -0.2) is 19.5 Å². The topological polar surface area (TPSA) is 46.5 Å². The molecule has 7 rings (SSSR count). The number of aromatic amines is 1. The Labute approximate surface area is 208 Å². The molecule has 2 heterocycles. The van der Waals surface area contributed by atoms with Crippen LogP contribution in [0, 0.1) is 0 Å². The second kappa shape index (κ2) is 8.36. The lowest BCUT2D eigenvalue weighted by molar-refractivity contribution is 1.10. The number of aromatic nitrogens is 4. The quantitative estimate of drug-likeness (QED) is 0.289. The summed E-state index contributed by atoms with van der Waals surface area (Å²) >= 11 is 0. The summed E-state index contributed by atoms with van der Waals surface area (Å²) in [5.74, 6) is 1.79. The summed E-state index contributed by atoms with van der Waals surface area (Å²) in [7, 11) is 0. The van der Waals surface area contributed by atoms with E-state index in [0.717, 1.165) is 61.7 Å². The molecule has 0 unspecified atom stereocenters. The summed E-state index contributed by atoms with van der Waals surface area (Å²) < 4.78 is 2.25. The molecule has 0 fully saturated rings. The minimum Gasteiger partial charge on any atom is -0.338 e. The van der Waals surface area contributed by atoms with Crippen molar-refractivity contribution in [2.45, 2.75) is 0 Å². The molecule has 5 aromatic carbocycles. The van der Waals surface area contributed by atoms with E-state index in [2.05, 4.69) is 107 Å². The fourth-order valence-corrected chi connectivity index (χ4v) is 4.88. The fourth-order valence-electron chi connectivity index (χ4n) is 4.88. The van der Waals surface area contributed by atoms with E-state index < -0.39 is 0 Å². The number of imidazole rings is 2. The standard InChI is InChI=1S/C32H22N4/c1-3-11-22(12-4-1)32-35-30-26(17-10-20-29(30)36(32)25-15-5-2-6-16-25)23-13-9-14-24(21-23)31-33-27-18-7-8-19-28(27)34-31/h1-21H,(H,33,34). The van der Waals surface area contributed by atoms with Crippen LogP contribution < -0.4 is 0 Å². The molecule has 0 aliphatic heterocycles. The van der Waals surface area contributed by atoms with Crippen molar-refractivity contribution in [3.63, 3.8) is 0 Å². The maximum absolute atomic E-state index is 5.21. The van der Waals surface area contributed by atoms with Crippen molar-refractivity contribution in [1.29, 1.82) is 0 Å². The van der Waals surface area contributed by atoms with Gasteiger partial charge in [0.15, 0.2) is 0 Å². The first-order chi connectivity index (χ1) is 17.8. The first kappa shape index (κ1) is 20.4. The van der Waals surface area contributed by atoms with Gasteiger partial charge in [0.1, 0.15) is 11.6 Å². The van der Waals surface area contributed by atoms with Crippen LogP contribution >= 0.6 is 0 Å². The normalized spacial score (nSPS) is 11.3. The predicted molar refractivity (Wildman–Crippen MR) is 147 cm³/mol. The molecule has 4 nitrogen and oxygen atoms in total. The van der Waals surface area contributed by atoms with Crippen LogP contribution in [0.2, 0.25) is 0 Å². The van der Waals surface area contributed by atoms with E-state index in [-0.39, 0.29) is 0 Å². The molecule has 0 bridgehead atoms. The Morgan fingerprint density at radius 1 is 0.556 bits per heavy atom. The summed E-state index contributed by atoms with van der Waals surface area (Å²) in [6.07, 6.45) is 0. The van der Waals surface area contributed by atoms with Gasteiger partial charge in [-0.3, -0.25) is 4.57 Å². The number of benzene rings is 5. The zero-order valence-electron chi connectivity index (χ0n) is 19.5. The summed E-state index contributed by atoms with van der Waals surface area (Å²) in [6, 6.07) is 43.8. The number of nitrogens with zero attached hydrogens (tertiary/aromatic N) is 3. The highest BCUT2D eigenvalue weighted by Gasteiger charge is 2.17. The molecule has 7 aromatic rings. The highest BCUT2D eigenvalue weighted by atomic mass is 15.1. The molecule has 0 amide bonds. The van der Waals surface area contributed by atoms with Crippen molar-refractivity contribution < 1.29 is 0 Å². The zero-order valence-corrected chi connectivity index (χ0v) is 19.5. The van der Waals surface area contributed by atoms with Gasteiger partial charge in [-0.25, -0.2) is 9.97 Å². The minimum absolute atomic E-state index is 0.866. The fraction of sp³-hybridized carbons (Fsp3) is 0. The number of rotatable bonds is 4. The van der Waals surface area contributed by atoms with Crippen molar-refractivity contribution in [2.24, 2.45) is 0 Å². The van der Waals surface area contributed by atoms with Gasteiger partial charge in [0.2, 0.25) is 0 Å². The number of H-pyrrole nitrogens is 1. The molecule has 0 aliphatic carbocycles. The summed E-state index contributed by atoms with van der Waals surface area (Å²) in [5.41, 5.74) is 9.48. The average Bonchev–Trinajstić information content (AvgIpc) is 3.56. The number of para-hydroxylation sites is 4. The Morgan fingerprint density at radius 3 is 2.08 bits per heavy atom. The van der Waals surface area contributed by atoms with Crippen molar-refractivity contribution in [3.8, 4) is 39.6 Å². The smallest absolute Gasteiger partial charge is 0.145 e. The van der Waals surface area contributed by atoms with Crippen LogP contribution in [0.25, 0.3) is 61.7 Å². The van der Waals surface area contributed by atoms with Crippen LogP contribution in [0.5, 0.6) is 0 Å². The Bertz CT molecular complexity index is 1800. The molecule has 36 heavy (non-hydrogen) atoms. The van der Waals surface area contributed by atoms with E-state index in [1.807, 2.05) is 30.3 Å². The third-order valence-electron chi connectivity index (χ3n) is 6.57. The molecule has 170 valence electrons. The molecule has 0 aliphatic rings. The van der Waals surface area contributed by atoms with Gasteiger partial charge in [-0.15, -0.1) is 0 Å². The highest BCUT2D eigenvalue weighted by molar-refractivity contribution is 5.96. The van der Waals surface area contributed by atoms with Gasteiger partial charge in [-0.1, -0.05) is 91.0 Å². The van der Waals surface area contributed by atoms with E-state index in [0.29, 0.717) is 0 Å². The Kier molecular flexibility index (Phi) is 4.74. The molecule has 0 saturated carbocycles. The molecule has 0 spiro atoms. The van der Waals surface area contributed by atoms with Crippen molar-refractivity contribution in [1.82, 2.24) is 19.5 Å². The van der Waals surface area contributed by atoms with Gasteiger partial charge >= 0.3 is 0 Å². The van der Waals surface area contributed by atoms with Crippen molar-refractivity contribution in [2.75, 3.05) is 0 Å². The second-order valence-corrected chi connectivity index (χ2v) is 8.83. The van der Waals surface area contributed by atoms with Gasteiger partial charge in [0.25, 0.3) is 0 Å². The summed E-state index contributed by atoms with van der Waals surface area (Å²) in [6.45, 7) is 0. The van der Waals surface area contributed by atoms with E-state index >= 15 is 0 Å². The second-order valence-electron chi connectivity index (χ2n) is 8.83. The predicted octanol–water partition coefficient (Wildman–Crippen LogP) is 7.90. The first-order valence-electron chi connectivity index (χ1n) is 12.0. The zero-order chi connectivity index (χ0) is 23.9. The van der Waals surface area contributed by atoms with Gasteiger partial charge in [-0.2, -0.15) is 0 Å². The molecular weight excluding hydrogens is 440 g/mol. The minimum atomic E-state index is 0.866. The summed E-state index contributed by atoms with van der Waals surface area (Å²) in [5, 5.41) is 0. The van der Waals surface area contributed by atoms with Crippen molar-refractivity contribution in [3.05, 3.63) is 127 Å². The number of nitrogens with one attached hydrogen (secondary N) is 1. The van der Waals surface area contributed by atoms with Crippen LogP contribution in [0.1, 0.15) is 0 Å². The molecule has 0 radical (unpaired) electrons. The first-order valence-corrected chi connectivity index (χ1v) is 12.0. The van der Waals surface area contributed by atoms with Gasteiger partial charge in [0.05, 0.1) is 22.1 Å². The van der Waals surface area contributed by atoms with E-state index in [9.17, 15) is 0 Å². The highest BCUT2D eigenvalue weighted by Crippen LogP contribution is 2.35. The Hall–Kier alpha value is -4.96. The third-order valence-corrected chi connectivity index (χ3v) is 6.57. The SMILES string of the molecule is c1ccc(-c2nc3c(-c4cccc(-c5nc6ccccc6[nH]5)c4)cccc3n2-c2ccccc2)cc1. The third kappa shape index (κ3) is 3.39. The van der Waals surface area contributed by atoms with Crippen LogP contribution in [0.3, 0.4) is 0 Å². The van der Waals surface area contributed by atoms with Crippen LogP contribution in [0.15, 0.2) is 127 Å². The lowest BCUT2D eigenvalue weighted by Gasteiger charge is -2.10. The molecule has 4 heteroatoms. The average molecular weight is 463 g/mol.